The fourth-order valence-corrected chi connectivity index (χ4v) is 3.01. The number of rotatable bonds is 7. The van der Waals surface area contributed by atoms with Crippen molar-refractivity contribution in [2.24, 2.45) is 0 Å². The monoisotopic (exact) mass is 339 g/mol. The Hall–Kier alpha value is -2.29. The average Bonchev–Trinajstić information content (AvgIpc) is 2.61. The molecule has 0 unspecified atom stereocenters. The summed E-state index contributed by atoms with van der Waals surface area (Å²) in [6, 6.07) is 12.2. The summed E-state index contributed by atoms with van der Waals surface area (Å²) in [5.74, 6) is 0.685. The molecule has 0 saturated carbocycles. The number of anilines is 1. The van der Waals surface area contributed by atoms with Crippen molar-refractivity contribution < 1.29 is 9.53 Å². The van der Waals surface area contributed by atoms with Crippen LogP contribution < -0.4 is 10.1 Å². The summed E-state index contributed by atoms with van der Waals surface area (Å²) in [7, 11) is 0. The second-order valence-electron chi connectivity index (χ2n) is 6.43. The Kier molecular flexibility index (Phi) is 6.63. The van der Waals surface area contributed by atoms with Gasteiger partial charge < -0.3 is 10.1 Å². The van der Waals surface area contributed by atoms with Gasteiger partial charge in [-0.15, -0.1) is 0 Å². The number of ether oxygens (including phenoxy) is 1. The van der Waals surface area contributed by atoms with E-state index in [1.54, 1.807) is 0 Å². The molecule has 0 fully saturated rings. The van der Waals surface area contributed by atoms with Crippen LogP contribution in [-0.2, 0) is 17.6 Å². The van der Waals surface area contributed by atoms with Crippen LogP contribution in [0.3, 0.4) is 0 Å². The molecular formula is C22H29NO2. The molecule has 0 radical (unpaired) electrons. The normalized spacial score (nSPS) is 11.9. The fraction of sp³-hybridized carbons (Fsp3) is 0.409. The van der Waals surface area contributed by atoms with Crippen LogP contribution in [0, 0.1) is 13.8 Å². The van der Waals surface area contributed by atoms with Gasteiger partial charge in [0.1, 0.15) is 5.75 Å². The van der Waals surface area contributed by atoms with E-state index in [9.17, 15) is 4.79 Å². The van der Waals surface area contributed by atoms with Crippen molar-refractivity contribution >= 4 is 11.6 Å². The molecule has 0 aliphatic rings. The molecule has 134 valence electrons. The van der Waals surface area contributed by atoms with Gasteiger partial charge in [0.25, 0.3) is 5.91 Å². The molecule has 0 heterocycles. The minimum absolute atomic E-state index is 0.0851. The number of benzene rings is 2. The molecular weight excluding hydrogens is 310 g/mol. The largest absolute Gasteiger partial charge is 0.480 e. The van der Waals surface area contributed by atoms with E-state index in [4.69, 9.17) is 4.74 Å². The first-order valence-corrected chi connectivity index (χ1v) is 9.15. The van der Waals surface area contributed by atoms with Crippen LogP contribution in [-0.4, -0.2) is 12.0 Å². The van der Waals surface area contributed by atoms with E-state index in [2.05, 4.69) is 50.4 Å². The van der Waals surface area contributed by atoms with Gasteiger partial charge in [-0.1, -0.05) is 56.7 Å². The summed E-state index contributed by atoms with van der Waals surface area (Å²) in [4.78, 5) is 12.8. The van der Waals surface area contributed by atoms with Gasteiger partial charge >= 0.3 is 0 Å². The van der Waals surface area contributed by atoms with Crippen molar-refractivity contribution in [2.75, 3.05) is 5.32 Å². The summed E-state index contributed by atoms with van der Waals surface area (Å²) >= 11 is 0. The molecule has 2 aromatic rings. The van der Waals surface area contributed by atoms with E-state index in [0.717, 1.165) is 41.0 Å². The van der Waals surface area contributed by atoms with E-state index in [-0.39, 0.29) is 5.91 Å². The second-order valence-corrected chi connectivity index (χ2v) is 6.43. The van der Waals surface area contributed by atoms with E-state index < -0.39 is 6.10 Å². The minimum Gasteiger partial charge on any atom is -0.480 e. The molecule has 1 atom stereocenters. The lowest BCUT2D eigenvalue weighted by molar-refractivity contribution is -0.122. The van der Waals surface area contributed by atoms with Crippen LogP contribution >= 0.6 is 0 Å². The van der Waals surface area contributed by atoms with Crippen LogP contribution in [0.4, 0.5) is 5.69 Å². The molecule has 1 amide bonds. The first-order chi connectivity index (χ1) is 12.0. The van der Waals surface area contributed by atoms with E-state index in [0.29, 0.717) is 6.42 Å². The van der Waals surface area contributed by atoms with Crippen LogP contribution in [0.1, 0.15) is 49.4 Å². The van der Waals surface area contributed by atoms with Gasteiger partial charge in [-0.3, -0.25) is 4.79 Å². The SMILES string of the molecule is CCc1cccc(CC)c1NC(=O)[C@H](CC)Oc1ccc(C)cc1C. The predicted octanol–water partition coefficient (Wildman–Crippen LogP) is 5.22. The number of aryl methyl sites for hydroxylation is 4. The quantitative estimate of drug-likeness (QED) is 0.750. The molecule has 0 bridgehead atoms. The minimum atomic E-state index is -0.504. The maximum Gasteiger partial charge on any atom is 0.265 e. The Bertz CT molecular complexity index is 715. The van der Waals surface area contributed by atoms with Crippen molar-refractivity contribution in [2.45, 2.75) is 60.0 Å². The molecule has 0 aromatic heterocycles. The third-order valence-corrected chi connectivity index (χ3v) is 4.51. The Labute approximate surface area is 151 Å². The lowest BCUT2D eigenvalue weighted by Gasteiger charge is -2.21. The van der Waals surface area contributed by atoms with Gasteiger partial charge in [-0.05, 0) is 55.9 Å². The fourth-order valence-electron chi connectivity index (χ4n) is 3.01. The van der Waals surface area contributed by atoms with Gasteiger partial charge in [-0.2, -0.15) is 0 Å². The third kappa shape index (κ3) is 4.62. The van der Waals surface area contributed by atoms with Crippen molar-refractivity contribution in [3.05, 3.63) is 58.7 Å². The highest BCUT2D eigenvalue weighted by molar-refractivity contribution is 5.95. The van der Waals surface area contributed by atoms with Gasteiger partial charge in [-0.25, -0.2) is 0 Å². The number of para-hydroxylation sites is 1. The number of hydrogen-bond acceptors (Lipinski definition) is 2. The summed E-state index contributed by atoms with van der Waals surface area (Å²) in [6.45, 7) is 10.2. The first-order valence-electron chi connectivity index (χ1n) is 9.15. The van der Waals surface area contributed by atoms with Crippen molar-refractivity contribution in [3.63, 3.8) is 0 Å². The number of amides is 1. The predicted molar refractivity (Wildman–Crippen MR) is 104 cm³/mol. The van der Waals surface area contributed by atoms with Crippen molar-refractivity contribution in [3.8, 4) is 5.75 Å². The molecule has 3 heteroatoms. The van der Waals surface area contributed by atoms with Crippen molar-refractivity contribution in [1.29, 1.82) is 0 Å². The summed E-state index contributed by atoms with van der Waals surface area (Å²) < 4.78 is 6.02. The zero-order valence-corrected chi connectivity index (χ0v) is 16.0. The Balaban J connectivity index is 2.21. The summed E-state index contributed by atoms with van der Waals surface area (Å²) in [6.07, 6.45) is 1.89. The zero-order chi connectivity index (χ0) is 18.4. The van der Waals surface area contributed by atoms with E-state index >= 15 is 0 Å². The van der Waals surface area contributed by atoms with E-state index in [1.807, 2.05) is 26.0 Å². The number of carbonyl (C=O) groups excluding carboxylic acids is 1. The highest BCUT2D eigenvalue weighted by Gasteiger charge is 2.21. The molecule has 1 N–H and O–H groups in total. The van der Waals surface area contributed by atoms with Gasteiger partial charge in [0.2, 0.25) is 0 Å². The molecule has 2 rings (SSSR count). The van der Waals surface area contributed by atoms with Crippen LogP contribution in [0.2, 0.25) is 0 Å². The molecule has 2 aromatic carbocycles. The zero-order valence-electron chi connectivity index (χ0n) is 16.0. The number of carbonyl (C=O) groups is 1. The van der Waals surface area contributed by atoms with Gasteiger partial charge in [0.05, 0.1) is 0 Å². The van der Waals surface area contributed by atoms with Crippen LogP contribution in [0.25, 0.3) is 0 Å². The molecule has 25 heavy (non-hydrogen) atoms. The smallest absolute Gasteiger partial charge is 0.265 e. The van der Waals surface area contributed by atoms with Gasteiger partial charge in [0.15, 0.2) is 6.10 Å². The maximum atomic E-state index is 12.8. The molecule has 3 nitrogen and oxygen atoms in total. The second kappa shape index (κ2) is 8.70. The topological polar surface area (TPSA) is 38.3 Å². The number of hydrogen-bond donors (Lipinski definition) is 1. The summed E-state index contributed by atoms with van der Waals surface area (Å²) in [5.41, 5.74) is 5.50. The van der Waals surface area contributed by atoms with Crippen LogP contribution in [0.15, 0.2) is 36.4 Å². The standard InChI is InChI=1S/C22H29NO2/c1-6-17-10-9-11-18(7-2)21(17)23-22(24)19(8-3)25-20-13-12-15(4)14-16(20)5/h9-14,19H,6-8H2,1-5H3,(H,23,24)/t19-/m0/s1. The lowest BCUT2D eigenvalue weighted by Crippen LogP contribution is -2.33. The first kappa shape index (κ1) is 19.0. The third-order valence-electron chi connectivity index (χ3n) is 4.51. The average molecular weight is 339 g/mol. The Morgan fingerprint density at radius 3 is 2.20 bits per heavy atom. The van der Waals surface area contributed by atoms with Crippen LogP contribution in [0.5, 0.6) is 5.75 Å². The highest BCUT2D eigenvalue weighted by Crippen LogP contribution is 2.25. The van der Waals surface area contributed by atoms with E-state index in [1.165, 1.54) is 5.56 Å². The maximum absolute atomic E-state index is 12.8. The summed E-state index contributed by atoms with van der Waals surface area (Å²) in [5, 5.41) is 3.12. The molecule has 0 aliphatic heterocycles. The Morgan fingerprint density at radius 1 is 1.04 bits per heavy atom. The molecule has 0 aliphatic carbocycles. The lowest BCUT2D eigenvalue weighted by atomic mass is 10.0. The van der Waals surface area contributed by atoms with Crippen molar-refractivity contribution in [1.82, 2.24) is 0 Å². The Morgan fingerprint density at radius 2 is 1.68 bits per heavy atom. The molecule has 0 spiro atoms. The number of nitrogens with one attached hydrogen (secondary N) is 1. The highest BCUT2D eigenvalue weighted by atomic mass is 16.5. The molecule has 0 saturated heterocycles. The van der Waals surface area contributed by atoms with Gasteiger partial charge in [0, 0.05) is 5.69 Å².